The Morgan fingerprint density at radius 2 is 2.08 bits per heavy atom. The number of thioether (sulfide) groups is 1. The third-order valence-electron chi connectivity index (χ3n) is 4.32. The summed E-state index contributed by atoms with van der Waals surface area (Å²) < 4.78 is 0. The number of aryl methyl sites for hydroxylation is 2. The Morgan fingerprint density at radius 3 is 2.88 bits per heavy atom. The second kappa shape index (κ2) is 7.62. The van der Waals surface area contributed by atoms with Crippen LogP contribution < -0.4 is 10.2 Å². The summed E-state index contributed by atoms with van der Waals surface area (Å²) in [6.45, 7) is 4.09. The van der Waals surface area contributed by atoms with Crippen LogP contribution in [0.5, 0.6) is 0 Å². The molecule has 1 N–H and O–H groups in total. The Morgan fingerprint density at radius 1 is 1.20 bits per heavy atom. The van der Waals surface area contributed by atoms with Crippen LogP contribution in [0.3, 0.4) is 0 Å². The first-order valence-electron chi connectivity index (χ1n) is 8.68. The molecule has 1 aliphatic rings. The van der Waals surface area contributed by atoms with E-state index in [1.807, 2.05) is 11.8 Å². The summed E-state index contributed by atoms with van der Waals surface area (Å²) >= 11 is 3.69. The largest absolute Gasteiger partial charge is 0.369 e. The van der Waals surface area contributed by atoms with Gasteiger partial charge in [0.25, 0.3) is 0 Å². The van der Waals surface area contributed by atoms with E-state index in [9.17, 15) is 0 Å². The second-order valence-corrected chi connectivity index (χ2v) is 8.57. The van der Waals surface area contributed by atoms with Crippen molar-refractivity contribution in [2.24, 2.45) is 0 Å². The van der Waals surface area contributed by atoms with Crippen molar-refractivity contribution < 1.29 is 0 Å². The van der Waals surface area contributed by atoms with E-state index >= 15 is 0 Å². The van der Waals surface area contributed by atoms with E-state index < -0.39 is 0 Å². The van der Waals surface area contributed by atoms with Gasteiger partial charge in [-0.25, -0.2) is 4.98 Å². The average Bonchev–Trinajstić information content (AvgIpc) is 3.28. The van der Waals surface area contributed by atoms with Crippen molar-refractivity contribution in [1.82, 2.24) is 9.97 Å². The van der Waals surface area contributed by atoms with Gasteiger partial charge < -0.3 is 10.2 Å². The number of rotatable bonds is 6. The molecular weight excluding hydrogens is 348 g/mol. The topological polar surface area (TPSA) is 41.1 Å². The lowest BCUT2D eigenvalue weighted by Crippen LogP contribution is -2.21. The minimum absolute atomic E-state index is 0.866. The van der Waals surface area contributed by atoms with Crippen LogP contribution in [0.2, 0.25) is 0 Å². The predicted octanol–water partition coefficient (Wildman–Crippen LogP) is 4.56. The third-order valence-corrected chi connectivity index (χ3v) is 6.23. The van der Waals surface area contributed by atoms with E-state index in [-0.39, 0.29) is 0 Å². The lowest BCUT2D eigenvalue weighted by molar-refractivity contribution is 0.856. The molecule has 4 rings (SSSR count). The maximum Gasteiger partial charge on any atom is 0.229 e. The Hall–Kier alpha value is -1.79. The Kier molecular flexibility index (Phi) is 5.08. The maximum atomic E-state index is 4.84. The molecule has 0 saturated carbocycles. The molecule has 3 aromatic rings. The van der Waals surface area contributed by atoms with Crippen LogP contribution in [0, 0.1) is 6.92 Å². The highest BCUT2D eigenvalue weighted by Crippen LogP contribution is 2.31. The Balaban J connectivity index is 1.49. The molecule has 3 heterocycles. The van der Waals surface area contributed by atoms with Gasteiger partial charge in [0.1, 0.15) is 10.6 Å². The lowest BCUT2D eigenvalue weighted by atomic mass is 10.1. The first-order chi connectivity index (χ1) is 12.3. The summed E-state index contributed by atoms with van der Waals surface area (Å²) in [5.74, 6) is 3.99. The molecule has 0 aliphatic carbocycles. The number of nitrogens with one attached hydrogen (secondary N) is 1. The van der Waals surface area contributed by atoms with Crippen LogP contribution in [0.25, 0.3) is 10.2 Å². The van der Waals surface area contributed by atoms with Crippen molar-refractivity contribution in [2.45, 2.75) is 19.8 Å². The summed E-state index contributed by atoms with van der Waals surface area (Å²) in [7, 11) is 0. The molecule has 4 nitrogen and oxygen atoms in total. The molecule has 1 aliphatic heterocycles. The van der Waals surface area contributed by atoms with E-state index in [1.165, 1.54) is 10.4 Å². The number of fused-ring (bicyclic) bond motifs is 1. The molecule has 6 heteroatoms. The summed E-state index contributed by atoms with van der Waals surface area (Å²) in [5.41, 5.74) is 1.39. The van der Waals surface area contributed by atoms with Gasteiger partial charge in [-0.3, -0.25) is 0 Å². The number of hydrogen-bond acceptors (Lipinski definition) is 6. The number of hydrogen-bond donors (Lipinski definition) is 1. The number of benzene rings is 1. The Labute approximate surface area is 156 Å². The van der Waals surface area contributed by atoms with Crippen LogP contribution in [-0.2, 0) is 6.42 Å². The first-order valence-corrected chi connectivity index (χ1v) is 10.7. The zero-order valence-electron chi connectivity index (χ0n) is 14.4. The van der Waals surface area contributed by atoms with E-state index in [2.05, 4.69) is 53.5 Å². The van der Waals surface area contributed by atoms with Crippen molar-refractivity contribution in [2.75, 3.05) is 34.9 Å². The van der Waals surface area contributed by atoms with Gasteiger partial charge in [-0.05, 0) is 31.4 Å². The number of aromatic nitrogens is 2. The van der Waals surface area contributed by atoms with Gasteiger partial charge in [0.15, 0.2) is 0 Å². The van der Waals surface area contributed by atoms with Crippen molar-refractivity contribution >= 4 is 45.1 Å². The fourth-order valence-corrected chi connectivity index (χ4v) is 4.84. The smallest absolute Gasteiger partial charge is 0.229 e. The highest BCUT2D eigenvalue weighted by atomic mass is 32.2. The van der Waals surface area contributed by atoms with E-state index in [0.717, 1.165) is 59.5 Å². The molecule has 0 amide bonds. The predicted molar refractivity (Wildman–Crippen MR) is 110 cm³/mol. The van der Waals surface area contributed by atoms with E-state index in [1.54, 1.807) is 11.3 Å². The van der Waals surface area contributed by atoms with Gasteiger partial charge >= 0.3 is 0 Å². The van der Waals surface area contributed by atoms with Gasteiger partial charge in [0.05, 0.1) is 11.3 Å². The highest BCUT2D eigenvalue weighted by Gasteiger charge is 2.18. The second-order valence-electron chi connectivity index (χ2n) is 6.26. The lowest BCUT2D eigenvalue weighted by Gasteiger charge is -2.16. The molecule has 2 aromatic heterocycles. The van der Waals surface area contributed by atoms with Crippen LogP contribution in [0.1, 0.15) is 16.9 Å². The van der Waals surface area contributed by atoms with Gasteiger partial charge in [0.2, 0.25) is 5.95 Å². The standard InChI is InChI=1S/C19H22N4S2/c1-14-12-16-17(20-9-5-8-15-6-3-2-4-7-15)21-19(22-18(16)25-14)23-10-11-24-13-23/h2-4,6-7,12H,5,8-11,13H2,1H3,(H,20,21,22). The van der Waals surface area contributed by atoms with E-state index in [4.69, 9.17) is 9.97 Å². The van der Waals surface area contributed by atoms with Gasteiger partial charge in [0, 0.05) is 23.7 Å². The van der Waals surface area contributed by atoms with Crippen LogP contribution in [0.4, 0.5) is 11.8 Å². The zero-order chi connectivity index (χ0) is 17.1. The van der Waals surface area contributed by atoms with Gasteiger partial charge in [-0.15, -0.1) is 23.1 Å². The van der Waals surface area contributed by atoms with Crippen molar-refractivity contribution in [1.29, 1.82) is 0 Å². The highest BCUT2D eigenvalue weighted by molar-refractivity contribution is 7.99. The average molecular weight is 371 g/mol. The molecule has 0 atom stereocenters. The fourth-order valence-electron chi connectivity index (χ4n) is 3.02. The third kappa shape index (κ3) is 3.90. The normalized spacial score (nSPS) is 14.4. The molecular formula is C19H22N4S2. The first kappa shape index (κ1) is 16.7. The maximum absolute atomic E-state index is 4.84. The summed E-state index contributed by atoms with van der Waals surface area (Å²) in [4.78, 5) is 14.3. The minimum atomic E-state index is 0.866. The zero-order valence-corrected chi connectivity index (χ0v) is 16.0. The minimum Gasteiger partial charge on any atom is -0.369 e. The van der Waals surface area contributed by atoms with Gasteiger partial charge in [-0.2, -0.15) is 4.98 Å². The van der Waals surface area contributed by atoms with Gasteiger partial charge in [-0.1, -0.05) is 30.3 Å². The van der Waals surface area contributed by atoms with Crippen LogP contribution >= 0.6 is 23.1 Å². The molecule has 0 spiro atoms. The van der Waals surface area contributed by atoms with Crippen LogP contribution in [0.15, 0.2) is 36.4 Å². The quantitative estimate of drug-likeness (QED) is 0.645. The molecule has 1 aromatic carbocycles. The van der Waals surface area contributed by atoms with Crippen molar-refractivity contribution in [3.63, 3.8) is 0 Å². The summed E-state index contributed by atoms with van der Waals surface area (Å²) in [5, 5.41) is 4.71. The molecule has 130 valence electrons. The molecule has 0 unspecified atom stereocenters. The fraction of sp³-hybridized carbons (Fsp3) is 0.368. The van der Waals surface area contributed by atoms with E-state index in [0.29, 0.717) is 0 Å². The Bertz CT molecular complexity index is 841. The number of nitrogens with zero attached hydrogens (tertiary/aromatic N) is 3. The summed E-state index contributed by atoms with van der Waals surface area (Å²) in [6, 6.07) is 12.8. The molecule has 25 heavy (non-hydrogen) atoms. The van der Waals surface area contributed by atoms with Crippen molar-refractivity contribution in [3.05, 3.63) is 46.8 Å². The molecule has 1 saturated heterocycles. The summed E-state index contributed by atoms with van der Waals surface area (Å²) in [6.07, 6.45) is 2.17. The SMILES string of the molecule is Cc1cc2c(NCCCc3ccccc3)nc(N3CCSC3)nc2s1. The molecule has 1 fully saturated rings. The van der Waals surface area contributed by atoms with Crippen molar-refractivity contribution in [3.8, 4) is 0 Å². The monoisotopic (exact) mass is 370 g/mol. The van der Waals surface area contributed by atoms with Crippen LogP contribution in [-0.4, -0.2) is 34.7 Å². The number of anilines is 2. The molecule has 0 radical (unpaired) electrons. The number of thiophene rings is 1. The molecule has 0 bridgehead atoms.